The molecule has 1 saturated heterocycles. The average molecular weight is 387 g/mol. The molecule has 2 heterocycles. The van der Waals surface area contributed by atoms with Gasteiger partial charge in [-0.25, -0.2) is 4.79 Å². The van der Waals surface area contributed by atoms with Crippen LogP contribution >= 0.6 is 11.6 Å². The van der Waals surface area contributed by atoms with Crippen LogP contribution in [0, 0.1) is 0 Å². The maximum atomic E-state index is 12.7. The lowest BCUT2D eigenvalue weighted by atomic mass is 10.1. The van der Waals surface area contributed by atoms with Crippen LogP contribution < -0.4 is 10.6 Å². The molecule has 1 aliphatic heterocycles. The summed E-state index contributed by atoms with van der Waals surface area (Å²) in [6, 6.07) is 7.76. The summed E-state index contributed by atoms with van der Waals surface area (Å²) in [5, 5.41) is 5.93. The third kappa shape index (κ3) is 3.83. The number of anilines is 1. The van der Waals surface area contributed by atoms with Crippen LogP contribution in [0.25, 0.3) is 0 Å². The molecule has 1 aromatic heterocycles. The Morgan fingerprint density at radius 3 is 2.74 bits per heavy atom. The molecule has 3 N–H and O–H groups in total. The van der Waals surface area contributed by atoms with Gasteiger partial charge in [-0.2, -0.15) is 0 Å². The van der Waals surface area contributed by atoms with E-state index in [0.717, 1.165) is 12.8 Å². The summed E-state index contributed by atoms with van der Waals surface area (Å²) in [5.41, 5.74) is 1.06. The molecule has 0 bridgehead atoms. The molecule has 1 aliphatic carbocycles. The topological polar surface area (TPSA) is 94.3 Å². The minimum Gasteiger partial charge on any atom is -0.359 e. The highest BCUT2D eigenvalue weighted by Gasteiger charge is 2.39. The number of benzene rings is 1. The monoisotopic (exact) mass is 386 g/mol. The van der Waals surface area contributed by atoms with Crippen molar-refractivity contribution in [2.45, 2.75) is 31.3 Å². The van der Waals surface area contributed by atoms with Gasteiger partial charge in [0, 0.05) is 35.8 Å². The Labute approximate surface area is 161 Å². The van der Waals surface area contributed by atoms with Gasteiger partial charge < -0.3 is 20.5 Å². The smallest absolute Gasteiger partial charge is 0.319 e. The second-order valence-electron chi connectivity index (χ2n) is 6.88. The summed E-state index contributed by atoms with van der Waals surface area (Å²) in [6.07, 6.45) is 4.04. The number of H-pyrrole nitrogens is 1. The predicted molar refractivity (Wildman–Crippen MR) is 101 cm³/mol. The van der Waals surface area contributed by atoms with Gasteiger partial charge in [0.05, 0.1) is 17.4 Å². The van der Waals surface area contributed by atoms with E-state index in [4.69, 9.17) is 11.6 Å². The van der Waals surface area contributed by atoms with Crippen LogP contribution in [-0.4, -0.2) is 46.2 Å². The lowest BCUT2D eigenvalue weighted by molar-refractivity contribution is -0.128. The second-order valence-corrected chi connectivity index (χ2v) is 7.32. The van der Waals surface area contributed by atoms with Crippen molar-refractivity contribution in [3.05, 3.63) is 52.8 Å². The highest BCUT2D eigenvalue weighted by atomic mass is 35.5. The Kier molecular flexibility index (Phi) is 4.61. The van der Waals surface area contributed by atoms with Crippen LogP contribution in [0.3, 0.4) is 0 Å². The van der Waals surface area contributed by atoms with E-state index in [1.165, 1.54) is 6.07 Å². The van der Waals surface area contributed by atoms with Gasteiger partial charge in [-0.05, 0) is 43.2 Å². The number of amides is 3. The number of aromatic amines is 1. The van der Waals surface area contributed by atoms with Crippen molar-refractivity contribution in [3.8, 4) is 0 Å². The number of carbonyl (C=O) groups excluding carboxylic acids is 3. The van der Waals surface area contributed by atoms with E-state index in [9.17, 15) is 14.4 Å². The first-order valence-electron chi connectivity index (χ1n) is 8.86. The first-order valence-corrected chi connectivity index (χ1v) is 9.23. The van der Waals surface area contributed by atoms with Crippen molar-refractivity contribution in [2.24, 2.45) is 0 Å². The third-order valence-electron chi connectivity index (χ3n) is 4.80. The molecule has 1 aromatic carbocycles. The lowest BCUT2D eigenvalue weighted by Crippen LogP contribution is -2.40. The van der Waals surface area contributed by atoms with Gasteiger partial charge in [0.2, 0.25) is 11.7 Å². The molecule has 7 nitrogen and oxygen atoms in total. The molecule has 27 heavy (non-hydrogen) atoms. The predicted octanol–water partition coefficient (Wildman–Crippen LogP) is 2.78. The van der Waals surface area contributed by atoms with Crippen molar-refractivity contribution in [1.82, 2.24) is 15.2 Å². The van der Waals surface area contributed by atoms with Gasteiger partial charge in [0.15, 0.2) is 0 Å². The number of likely N-dealkylation sites (tertiary alicyclic amines) is 1. The Morgan fingerprint density at radius 1 is 1.22 bits per heavy atom. The summed E-state index contributed by atoms with van der Waals surface area (Å²) < 4.78 is 0. The maximum Gasteiger partial charge on any atom is 0.319 e. The molecule has 2 aromatic rings. The summed E-state index contributed by atoms with van der Waals surface area (Å²) in [6.45, 7) is 0.534. The highest BCUT2D eigenvalue weighted by Crippen LogP contribution is 2.30. The molecule has 2 aliphatic rings. The van der Waals surface area contributed by atoms with E-state index in [1.807, 2.05) is 4.90 Å². The first kappa shape index (κ1) is 17.6. The number of carbonyl (C=O) groups is 3. The molecule has 3 amide bonds. The minimum absolute atomic E-state index is 0.0805. The number of halogens is 1. The fourth-order valence-electron chi connectivity index (χ4n) is 3.34. The second kappa shape index (κ2) is 7.08. The molecule has 2 fully saturated rings. The molecule has 1 atom stereocenters. The minimum atomic E-state index is -0.451. The Hall–Kier alpha value is -2.80. The van der Waals surface area contributed by atoms with E-state index in [0.29, 0.717) is 41.0 Å². The van der Waals surface area contributed by atoms with Crippen LogP contribution in [0.15, 0.2) is 36.5 Å². The lowest BCUT2D eigenvalue weighted by Gasteiger charge is -2.17. The van der Waals surface area contributed by atoms with E-state index >= 15 is 0 Å². The van der Waals surface area contributed by atoms with Gasteiger partial charge in [-0.1, -0.05) is 11.6 Å². The van der Waals surface area contributed by atoms with Crippen molar-refractivity contribution < 1.29 is 14.4 Å². The zero-order valence-corrected chi connectivity index (χ0v) is 15.3. The summed E-state index contributed by atoms with van der Waals surface area (Å²) in [5.74, 6) is -0.189. The van der Waals surface area contributed by atoms with Crippen molar-refractivity contribution >= 4 is 35.0 Å². The maximum absolute atomic E-state index is 12.7. The Bertz CT molecular complexity index is 892. The number of urea groups is 1. The van der Waals surface area contributed by atoms with Gasteiger partial charge in [-0.3, -0.25) is 9.59 Å². The van der Waals surface area contributed by atoms with E-state index in [2.05, 4.69) is 15.6 Å². The third-order valence-corrected chi connectivity index (χ3v) is 5.03. The molecule has 0 radical (unpaired) electrons. The molecule has 1 unspecified atom stereocenters. The summed E-state index contributed by atoms with van der Waals surface area (Å²) in [7, 11) is 0. The van der Waals surface area contributed by atoms with Crippen molar-refractivity contribution in [1.29, 1.82) is 0 Å². The largest absolute Gasteiger partial charge is 0.359 e. The van der Waals surface area contributed by atoms with Gasteiger partial charge in [0.1, 0.15) is 0 Å². The van der Waals surface area contributed by atoms with E-state index in [1.54, 1.807) is 30.5 Å². The van der Waals surface area contributed by atoms with Crippen molar-refractivity contribution in [3.63, 3.8) is 0 Å². The highest BCUT2D eigenvalue weighted by molar-refractivity contribution is 6.31. The van der Waals surface area contributed by atoms with E-state index in [-0.39, 0.29) is 17.7 Å². The molecule has 0 spiro atoms. The van der Waals surface area contributed by atoms with Crippen molar-refractivity contribution in [2.75, 3.05) is 11.9 Å². The van der Waals surface area contributed by atoms with Gasteiger partial charge >= 0.3 is 6.03 Å². The molecular weight excluding hydrogens is 368 g/mol. The number of nitrogens with zero attached hydrogens (tertiary/aromatic N) is 1. The fraction of sp³-hybridized carbons (Fsp3) is 0.316. The number of hydrogen-bond donors (Lipinski definition) is 3. The Morgan fingerprint density at radius 2 is 2.04 bits per heavy atom. The number of ketones is 1. The van der Waals surface area contributed by atoms with Crippen LogP contribution in [0.4, 0.5) is 10.5 Å². The fourth-order valence-corrected chi connectivity index (χ4v) is 3.51. The summed E-state index contributed by atoms with van der Waals surface area (Å²) in [4.78, 5) is 41.8. The number of nitrogens with one attached hydrogen (secondary N) is 3. The summed E-state index contributed by atoms with van der Waals surface area (Å²) >= 11 is 6.03. The number of hydrogen-bond acceptors (Lipinski definition) is 3. The number of aromatic nitrogens is 1. The zero-order chi connectivity index (χ0) is 19.0. The van der Waals surface area contributed by atoms with Crippen LogP contribution in [0.5, 0.6) is 0 Å². The standard InChI is InChI=1S/C19H19ClN4O3/c20-11-3-6-15(14(8-11)18(26)16-2-1-7-21-16)23-19(27)22-12-9-17(25)24(10-12)13-4-5-13/h1-3,6-8,12-13,21H,4-5,9-10H2,(H2,22,23,27). The van der Waals surface area contributed by atoms with Gasteiger partial charge in [0.25, 0.3) is 0 Å². The SMILES string of the molecule is O=C(Nc1ccc(Cl)cc1C(=O)c1ccc[nH]1)NC1CC(=O)N(C2CC2)C1. The van der Waals surface area contributed by atoms with Crippen LogP contribution in [0.2, 0.25) is 5.02 Å². The average Bonchev–Trinajstić information content (AvgIpc) is 3.19. The van der Waals surface area contributed by atoms with Gasteiger partial charge in [-0.15, -0.1) is 0 Å². The van der Waals surface area contributed by atoms with E-state index < -0.39 is 6.03 Å². The zero-order valence-electron chi connectivity index (χ0n) is 14.5. The molecule has 8 heteroatoms. The molecule has 4 rings (SSSR count). The van der Waals surface area contributed by atoms with Crippen LogP contribution in [-0.2, 0) is 4.79 Å². The molecular formula is C19H19ClN4O3. The van der Waals surface area contributed by atoms with Crippen LogP contribution in [0.1, 0.15) is 35.3 Å². The molecule has 1 saturated carbocycles. The first-order chi connectivity index (χ1) is 13.0. The number of rotatable bonds is 5. The molecule has 140 valence electrons. The Balaban J connectivity index is 1.45. The quantitative estimate of drug-likeness (QED) is 0.689. The normalized spacial score (nSPS) is 19.2.